The number of hydrogen-bond donors (Lipinski definition) is 1. The van der Waals surface area contributed by atoms with Crippen molar-refractivity contribution >= 4 is 23.5 Å². The molecule has 1 nitrogen and oxygen atoms in total. The third kappa shape index (κ3) is 5.32. The van der Waals surface area contributed by atoms with Gasteiger partial charge in [0.15, 0.2) is 0 Å². The van der Waals surface area contributed by atoms with Crippen LogP contribution in [0.1, 0.15) is 20.3 Å². The molecule has 1 heterocycles. The second-order valence-corrected chi connectivity index (χ2v) is 6.82. The van der Waals surface area contributed by atoms with Crippen LogP contribution in [-0.2, 0) is 0 Å². The summed E-state index contributed by atoms with van der Waals surface area (Å²) in [5, 5.41) is 4.48. The van der Waals surface area contributed by atoms with E-state index in [1.54, 1.807) is 0 Å². The molecule has 1 aliphatic rings. The molecule has 1 aliphatic heterocycles. The van der Waals surface area contributed by atoms with Crippen molar-refractivity contribution in [3.05, 3.63) is 12.7 Å². The first-order valence-corrected chi connectivity index (χ1v) is 7.98. The molecule has 3 unspecified atom stereocenters. The predicted molar refractivity (Wildman–Crippen MR) is 75.0 cm³/mol. The predicted octanol–water partition coefficient (Wildman–Crippen LogP) is 3.03. The number of hydrogen-bond acceptors (Lipinski definition) is 3. The molecule has 0 aromatic heterocycles. The Hall–Kier alpha value is 0.400. The second kappa shape index (κ2) is 7.64. The fraction of sp³-hybridized carbons (Fsp3) is 0.833. The smallest absolute Gasteiger partial charge is 0.0263 e. The number of thioether (sulfide) groups is 2. The first-order chi connectivity index (χ1) is 7.24. The van der Waals surface area contributed by atoms with Crippen molar-refractivity contribution in [2.45, 2.75) is 31.6 Å². The molecule has 1 fully saturated rings. The average molecular weight is 245 g/mol. The third-order valence-electron chi connectivity index (χ3n) is 2.94. The minimum Gasteiger partial charge on any atom is -0.313 e. The molecule has 3 heteroatoms. The van der Waals surface area contributed by atoms with Crippen molar-refractivity contribution in [3.8, 4) is 0 Å². The van der Waals surface area contributed by atoms with Gasteiger partial charge in [0.25, 0.3) is 0 Å². The summed E-state index contributed by atoms with van der Waals surface area (Å²) >= 11 is 4.22. The molecular formula is C12H23NS2. The third-order valence-corrected chi connectivity index (χ3v) is 5.79. The Kier molecular flexibility index (Phi) is 6.86. The molecule has 0 bridgehead atoms. The minimum atomic E-state index is 0.607. The van der Waals surface area contributed by atoms with Crippen molar-refractivity contribution in [1.29, 1.82) is 0 Å². The van der Waals surface area contributed by atoms with Crippen molar-refractivity contribution in [3.63, 3.8) is 0 Å². The Morgan fingerprint density at radius 1 is 1.47 bits per heavy atom. The summed E-state index contributed by atoms with van der Waals surface area (Å²) in [4.78, 5) is 0. The molecule has 0 aromatic rings. The van der Waals surface area contributed by atoms with Gasteiger partial charge in [-0.2, -0.15) is 23.5 Å². The van der Waals surface area contributed by atoms with Crippen LogP contribution in [0.25, 0.3) is 0 Å². The maximum absolute atomic E-state index is 3.80. The monoisotopic (exact) mass is 245 g/mol. The van der Waals surface area contributed by atoms with E-state index in [-0.39, 0.29) is 0 Å². The van der Waals surface area contributed by atoms with Gasteiger partial charge >= 0.3 is 0 Å². The maximum Gasteiger partial charge on any atom is 0.0263 e. The van der Waals surface area contributed by atoms with E-state index in [2.05, 4.69) is 49.3 Å². The van der Waals surface area contributed by atoms with Crippen LogP contribution in [0.3, 0.4) is 0 Å². The lowest BCUT2D eigenvalue weighted by Gasteiger charge is -2.25. The van der Waals surface area contributed by atoms with Crippen LogP contribution < -0.4 is 5.32 Å². The molecule has 0 spiro atoms. The molecule has 1 saturated heterocycles. The van der Waals surface area contributed by atoms with Crippen molar-refractivity contribution in [2.24, 2.45) is 5.92 Å². The maximum atomic E-state index is 3.80. The van der Waals surface area contributed by atoms with Gasteiger partial charge in [0.1, 0.15) is 0 Å². The van der Waals surface area contributed by atoms with Crippen LogP contribution in [0.15, 0.2) is 12.7 Å². The van der Waals surface area contributed by atoms with Crippen LogP contribution in [0.5, 0.6) is 0 Å². The summed E-state index contributed by atoms with van der Waals surface area (Å²) in [6.45, 7) is 9.55. The molecule has 1 N–H and O–H groups in total. The first kappa shape index (κ1) is 13.5. The van der Waals surface area contributed by atoms with E-state index in [1.165, 1.54) is 23.8 Å². The van der Waals surface area contributed by atoms with E-state index >= 15 is 0 Å². The SMILES string of the molecule is C=CCC(C)C(C)NCC1CSCCS1. The Bertz CT molecular complexity index is 178. The highest BCUT2D eigenvalue weighted by Crippen LogP contribution is 2.23. The van der Waals surface area contributed by atoms with Gasteiger partial charge in [-0.25, -0.2) is 0 Å². The van der Waals surface area contributed by atoms with E-state index in [0.29, 0.717) is 12.0 Å². The Morgan fingerprint density at radius 3 is 2.87 bits per heavy atom. The quantitative estimate of drug-likeness (QED) is 0.723. The molecule has 1 rings (SSSR count). The summed E-state index contributed by atoms with van der Waals surface area (Å²) in [5.74, 6) is 4.68. The summed E-state index contributed by atoms with van der Waals surface area (Å²) in [7, 11) is 0. The number of rotatable bonds is 6. The molecule has 0 radical (unpaired) electrons. The Balaban J connectivity index is 2.14. The summed E-state index contributed by atoms with van der Waals surface area (Å²) < 4.78 is 0. The average Bonchev–Trinajstić information content (AvgIpc) is 2.27. The first-order valence-electron chi connectivity index (χ1n) is 5.77. The Morgan fingerprint density at radius 2 is 2.27 bits per heavy atom. The van der Waals surface area contributed by atoms with Gasteiger partial charge in [-0.1, -0.05) is 13.0 Å². The lowest BCUT2D eigenvalue weighted by Crippen LogP contribution is -2.38. The highest BCUT2D eigenvalue weighted by molar-refractivity contribution is 8.06. The number of allylic oxidation sites excluding steroid dienone is 1. The zero-order valence-electron chi connectivity index (χ0n) is 9.87. The topological polar surface area (TPSA) is 12.0 Å². The molecule has 0 amide bonds. The molecular weight excluding hydrogens is 222 g/mol. The van der Waals surface area contributed by atoms with Crippen LogP contribution in [0.4, 0.5) is 0 Å². The van der Waals surface area contributed by atoms with E-state index in [9.17, 15) is 0 Å². The van der Waals surface area contributed by atoms with Gasteiger partial charge in [0.05, 0.1) is 0 Å². The summed E-state index contributed by atoms with van der Waals surface area (Å²) in [6.07, 6.45) is 3.13. The lowest BCUT2D eigenvalue weighted by molar-refractivity contribution is 0.406. The minimum absolute atomic E-state index is 0.607. The van der Waals surface area contributed by atoms with Gasteiger partial charge in [-0.3, -0.25) is 0 Å². The summed E-state index contributed by atoms with van der Waals surface area (Å²) in [6, 6.07) is 0.607. The van der Waals surface area contributed by atoms with E-state index in [1.807, 2.05) is 6.08 Å². The fourth-order valence-electron chi connectivity index (χ4n) is 1.64. The van der Waals surface area contributed by atoms with Gasteiger partial charge in [-0.15, -0.1) is 6.58 Å². The van der Waals surface area contributed by atoms with Crippen molar-refractivity contribution in [1.82, 2.24) is 5.32 Å². The van der Waals surface area contributed by atoms with Crippen LogP contribution >= 0.6 is 23.5 Å². The summed E-state index contributed by atoms with van der Waals surface area (Å²) in [5.41, 5.74) is 0. The molecule has 15 heavy (non-hydrogen) atoms. The normalized spacial score (nSPS) is 25.9. The van der Waals surface area contributed by atoms with E-state index in [0.717, 1.165) is 11.7 Å². The van der Waals surface area contributed by atoms with Gasteiger partial charge in [0.2, 0.25) is 0 Å². The molecule has 0 saturated carbocycles. The second-order valence-electron chi connectivity index (χ2n) is 4.27. The standard InChI is InChI=1S/C12H23NS2/c1-4-5-10(2)11(3)13-8-12-9-14-6-7-15-12/h4,10-13H,1,5-9H2,2-3H3. The number of nitrogens with one attached hydrogen (secondary N) is 1. The van der Waals surface area contributed by atoms with Crippen LogP contribution in [0.2, 0.25) is 0 Å². The molecule has 0 aliphatic carbocycles. The highest BCUT2D eigenvalue weighted by atomic mass is 32.2. The Labute approximate surface area is 103 Å². The van der Waals surface area contributed by atoms with Crippen LogP contribution in [-0.4, -0.2) is 35.1 Å². The fourth-order valence-corrected chi connectivity index (χ4v) is 4.26. The van der Waals surface area contributed by atoms with Crippen LogP contribution in [0, 0.1) is 5.92 Å². The van der Waals surface area contributed by atoms with Crippen molar-refractivity contribution in [2.75, 3.05) is 23.8 Å². The lowest BCUT2D eigenvalue weighted by atomic mass is 10.00. The highest BCUT2D eigenvalue weighted by Gasteiger charge is 2.16. The molecule has 0 aromatic carbocycles. The van der Waals surface area contributed by atoms with Crippen molar-refractivity contribution < 1.29 is 0 Å². The van der Waals surface area contributed by atoms with Gasteiger partial charge in [0, 0.05) is 35.1 Å². The van der Waals surface area contributed by atoms with E-state index < -0.39 is 0 Å². The van der Waals surface area contributed by atoms with Gasteiger partial charge < -0.3 is 5.32 Å². The molecule has 3 atom stereocenters. The molecule has 88 valence electrons. The zero-order valence-corrected chi connectivity index (χ0v) is 11.5. The van der Waals surface area contributed by atoms with E-state index in [4.69, 9.17) is 0 Å². The zero-order chi connectivity index (χ0) is 11.1. The largest absolute Gasteiger partial charge is 0.313 e. The van der Waals surface area contributed by atoms with Gasteiger partial charge in [-0.05, 0) is 19.3 Å².